The number of hydrogen-bond donors (Lipinski definition) is 1. The first-order valence-corrected chi connectivity index (χ1v) is 8.54. The molecule has 2 unspecified atom stereocenters. The first kappa shape index (κ1) is 15.0. The van der Waals surface area contributed by atoms with Crippen molar-refractivity contribution in [3.63, 3.8) is 0 Å². The highest BCUT2D eigenvalue weighted by atomic mass is 35.5. The molecule has 0 spiro atoms. The van der Waals surface area contributed by atoms with Gasteiger partial charge in [0.25, 0.3) is 0 Å². The highest BCUT2D eigenvalue weighted by molar-refractivity contribution is 7.99. The molecule has 1 heterocycles. The minimum atomic E-state index is 0.188. The smallest absolute Gasteiger partial charge is 0.0459 e. The molecule has 0 amide bonds. The molecule has 0 aliphatic carbocycles. The maximum atomic E-state index is 6.41. The Hall–Kier alpha value is -0.380. The van der Waals surface area contributed by atoms with Crippen LogP contribution in [0.3, 0.4) is 0 Å². The van der Waals surface area contributed by atoms with Crippen LogP contribution >= 0.6 is 23.4 Å². The minimum absolute atomic E-state index is 0.188. The van der Waals surface area contributed by atoms with Crippen LogP contribution in [0.15, 0.2) is 18.2 Å². The zero-order chi connectivity index (χ0) is 13.8. The summed E-state index contributed by atoms with van der Waals surface area (Å²) in [6, 6.07) is 6.97. The third kappa shape index (κ3) is 3.59. The number of hydrogen-bond acceptors (Lipinski definition) is 3. The van der Waals surface area contributed by atoms with Crippen LogP contribution in [-0.4, -0.2) is 30.1 Å². The van der Waals surface area contributed by atoms with Gasteiger partial charge in [-0.05, 0) is 37.5 Å². The Bertz CT molecular complexity index is 425. The zero-order valence-electron chi connectivity index (χ0n) is 11.7. The van der Waals surface area contributed by atoms with E-state index in [0.717, 1.165) is 24.4 Å². The average molecular weight is 299 g/mol. The van der Waals surface area contributed by atoms with Crippen LogP contribution in [0.1, 0.15) is 25.8 Å². The normalized spacial score (nSPS) is 21.5. The lowest BCUT2D eigenvalue weighted by Crippen LogP contribution is -2.41. The fraction of sp³-hybridized carbons (Fsp3) is 0.600. The summed E-state index contributed by atoms with van der Waals surface area (Å²) in [7, 11) is 0. The van der Waals surface area contributed by atoms with Crippen molar-refractivity contribution < 1.29 is 0 Å². The fourth-order valence-corrected chi connectivity index (χ4v) is 3.77. The SMILES string of the molecule is CCC(N)Cc1c(Cl)cccc1N1CCSCC1C. The van der Waals surface area contributed by atoms with Crippen LogP contribution in [0, 0.1) is 0 Å². The minimum Gasteiger partial charge on any atom is -0.367 e. The molecular formula is C15H23ClN2S. The van der Waals surface area contributed by atoms with Crippen LogP contribution in [0.5, 0.6) is 0 Å². The second kappa shape index (κ2) is 6.87. The lowest BCUT2D eigenvalue weighted by atomic mass is 10.0. The average Bonchev–Trinajstić information content (AvgIpc) is 2.41. The summed E-state index contributed by atoms with van der Waals surface area (Å²) >= 11 is 8.44. The van der Waals surface area contributed by atoms with E-state index >= 15 is 0 Å². The number of halogens is 1. The molecule has 1 saturated heterocycles. The summed E-state index contributed by atoms with van der Waals surface area (Å²) in [5.74, 6) is 2.38. The van der Waals surface area contributed by atoms with E-state index in [4.69, 9.17) is 17.3 Å². The molecule has 2 atom stereocenters. The van der Waals surface area contributed by atoms with Crippen LogP contribution in [0.4, 0.5) is 5.69 Å². The van der Waals surface area contributed by atoms with Crippen LogP contribution in [0.2, 0.25) is 5.02 Å². The van der Waals surface area contributed by atoms with Gasteiger partial charge in [0.05, 0.1) is 0 Å². The zero-order valence-corrected chi connectivity index (χ0v) is 13.3. The molecule has 2 N–H and O–H groups in total. The van der Waals surface area contributed by atoms with Crippen molar-refractivity contribution in [1.82, 2.24) is 0 Å². The second-order valence-corrected chi connectivity index (χ2v) is 6.78. The molecule has 1 aliphatic heterocycles. The number of rotatable bonds is 4. The van der Waals surface area contributed by atoms with E-state index in [1.165, 1.54) is 22.8 Å². The molecule has 2 nitrogen and oxygen atoms in total. The topological polar surface area (TPSA) is 29.3 Å². The summed E-state index contributed by atoms with van der Waals surface area (Å²) in [6.45, 7) is 5.51. The van der Waals surface area contributed by atoms with Gasteiger partial charge >= 0.3 is 0 Å². The summed E-state index contributed by atoms with van der Waals surface area (Å²) < 4.78 is 0. The molecule has 1 aliphatic rings. The molecule has 2 rings (SSSR count). The summed E-state index contributed by atoms with van der Waals surface area (Å²) in [5, 5.41) is 0.854. The molecule has 1 fully saturated rings. The molecule has 0 bridgehead atoms. The van der Waals surface area contributed by atoms with Crippen molar-refractivity contribution in [3.05, 3.63) is 28.8 Å². The molecule has 4 heteroatoms. The molecule has 19 heavy (non-hydrogen) atoms. The highest BCUT2D eigenvalue weighted by Gasteiger charge is 2.22. The van der Waals surface area contributed by atoms with Crippen molar-refractivity contribution in [2.75, 3.05) is 23.0 Å². The van der Waals surface area contributed by atoms with Gasteiger partial charge < -0.3 is 10.6 Å². The summed E-state index contributed by atoms with van der Waals surface area (Å²) in [4.78, 5) is 2.49. The number of thioether (sulfide) groups is 1. The molecular weight excluding hydrogens is 276 g/mol. The Morgan fingerprint density at radius 3 is 3.00 bits per heavy atom. The Labute approximate surface area is 125 Å². The van der Waals surface area contributed by atoms with Crippen molar-refractivity contribution in [1.29, 1.82) is 0 Å². The largest absolute Gasteiger partial charge is 0.367 e. The quantitative estimate of drug-likeness (QED) is 0.921. The van der Waals surface area contributed by atoms with Gasteiger partial charge in [-0.25, -0.2) is 0 Å². The number of nitrogens with zero attached hydrogens (tertiary/aromatic N) is 1. The van der Waals surface area contributed by atoms with Crippen LogP contribution in [-0.2, 0) is 6.42 Å². The molecule has 0 radical (unpaired) electrons. The van der Waals surface area contributed by atoms with Gasteiger partial charge in [0.2, 0.25) is 0 Å². The number of benzene rings is 1. The Morgan fingerprint density at radius 2 is 2.32 bits per heavy atom. The number of anilines is 1. The van der Waals surface area contributed by atoms with E-state index < -0.39 is 0 Å². The third-order valence-corrected chi connectivity index (χ3v) is 5.31. The van der Waals surface area contributed by atoms with E-state index in [2.05, 4.69) is 24.8 Å². The van der Waals surface area contributed by atoms with E-state index in [9.17, 15) is 0 Å². The van der Waals surface area contributed by atoms with Crippen LogP contribution < -0.4 is 10.6 Å². The highest BCUT2D eigenvalue weighted by Crippen LogP contribution is 2.32. The molecule has 0 saturated carbocycles. The standard InChI is InChI=1S/C15H23ClN2S/c1-3-12(17)9-13-14(16)5-4-6-15(13)18-7-8-19-10-11(18)2/h4-6,11-12H,3,7-10,17H2,1-2H3. The van der Waals surface area contributed by atoms with Crippen molar-refractivity contribution >= 4 is 29.1 Å². The predicted molar refractivity (Wildman–Crippen MR) is 87.6 cm³/mol. The van der Waals surface area contributed by atoms with Crippen LogP contribution in [0.25, 0.3) is 0 Å². The lowest BCUT2D eigenvalue weighted by Gasteiger charge is -2.37. The summed E-state index contributed by atoms with van der Waals surface area (Å²) in [5.41, 5.74) is 8.63. The maximum Gasteiger partial charge on any atom is 0.0459 e. The van der Waals surface area contributed by atoms with Gasteiger partial charge in [-0.2, -0.15) is 11.8 Å². The summed E-state index contributed by atoms with van der Waals surface area (Å²) in [6.07, 6.45) is 1.85. The Morgan fingerprint density at radius 1 is 1.53 bits per heavy atom. The van der Waals surface area contributed by atoms with Gasteiger partial charge in [-0.15, -0.1) is 0 Å². The molecule has 106 valence electrons. The fourth-order valence-electron chi connectivity index (χ4n) is 2.51. The van der Waals surface area contributed by atoms with Gasteiger partial charge in [-0.3, -0.25) is 0 Å². The Balaban J connectivity index is 2.30. The van der Waals surface area contributed by atoms with Crippen molar-refractivity contribution in [2.45, 2.75) is 38.8 Å². The van der Waals surface area contributed by atoms with Gasteiger partial charge in [0.1, 0.15) is 0 Å². The van der Waals surface area contributed by atoms with E-state index in [1.807, 2.05) is 23.9 Å². The lowest BCUT2D eigenvalue weighted by molar-refractivity contribution is 0.638. The first-order chi connectivity index (χ1) is 9.13. The van der Waals surface area contributed by atoms with E-state index in [0.29, 0.717) is 6.04 Å². The second-order valence-electron chi connectivity index (χ2n) is 5.23. The molecule has 1 aromatic carbocycles. The van der Waals surface area contributed by atoms with Gasteiger partial charge in [0.15, 0.2) is 0 Å². The third-order valence-electron chi connectivity index (χ3n) is 3.76. The monoisotopic (exact) mass is 298 g/mol. The molecule has 1 aromatic rings. The van der Waals surface area contributed by atoms with Crippen molar-refractivity contribution in [2.24, 2.45) is 5.73 Å². The van der Waals surface area contributed by atoms with Gasteiger partial charge in [0, 0.05) is 40.8 Å². The van der Waals surface area contributed by atoms with Crippen molar-refractivity contribution in [3.8, 4) is 0 Å². The van der Waals surface area contributed by atoms with Gasteiger partial charge in [-0.1, -0.05) is 24.6 Å². The Kier molecular flexibility index (Phi) is 5.43. The molecule has 0 aromatic heterocycles. The van der Waals surface area contributed by atoms with E-state index in [1.54, 1.807) is 0 Å². The maximum absolute atomic E-state index is 6.41. The number of nitrogens with two attached hydrogens (primary N) is 1. The van der Waals surface area contributed by atoms with E-state index in [-0.39, 0.29) is 6.04 Å². The first-order valence-electron chi connectivity index (χ1n) is 7.00. The predicted octanol–water partition coefficient (Wildman–Crippen LogP) is 3.56.